The van der Waals surface area contributed by atoms with Crippen molar-refractivity contribution in [3.05, 3.63) is 42.4 Å². The summed E-state index contributed by atoms with van der Waals surface area (Å²) in [6.45, 7) is 1.48. The predicted octanol–water partition coefficient (Wildman–Crippen LogP) is 1.27. The lowest BCUT2D eigenvalue weighted by Gasteiger charge is -2.35. The number of ether oxygens (including phenoxy) is 1. The molecule has 0 radical (unpaired) electrons. The number of rotatable bonds is 5. The second-order valence-electron chi connectivity index (χ2n) is 6.89. The van der Waals surface area contributed by atoms with Crippen molar-refractivity contribution in [3.63, 3.8) is 0 Å². The Balaban J connectivity index is 1.97. The van der Waals surface area contributed by atoms with Crippen LogP contribution in [-0.2, 0) is 11.3 Å². The summed E-state index contributed by atoms with van der Waals surface area (Å²) in [6, 6.07) is 8.03. The van der Waals surface area contributed by atoms with Gasteiger partial charge in [0.25, 0.3) is 0 Å². The number of anilines is 1. The molecule has 142 valence electrons. The summed E-state index contributed by atoms with van der Waals surface area (Å²) >= 11 is 0. The minimum Gasteiger partial charge on any atom is -0.394 e. The van der Waals surface area contributed by atoms with Gasteiger partial charge in [-0.15, -0.1) is 0 Å². The molecule has 1 unspecified atom stereocenters. The van der Waals surface area contributed by atoms with Crippen LogP contribution in [0.5, 0.6) is 0 Å². The van der Waals surface area contributed by atoms with E-state index in [0.717, 1.165) is 22.1 Å². The summed E-state index contributed by atoms with van der Waals surface area (Å²) < 4.78 is 7.21. The molecule has 0 fully saturated rings. The first-order valence-corrected chi connectivity index (χ1v) is 8.70. The van der Waals surface area contributed by atoms with Crippen LogP contribution in [0.4, 0.5) is 5.82 Å². The Morgan fingerprint density at radius 2 is 2.07 bits per heavy atom. The van der Waals surface area contributed by atoms with Crippen LogP contribution in [0, 0.1) is 0 Å². The first-order valence-electron chi connectivity index (χ1n) is 8.70. The quantitative estimate of drug-likeness (QED) is 0.535. The molecule has 0 spiro atoms. The number of methoxy groups -OCH3 is 1. The molecule has 1 aromatic carbocycles. The zero-order chi connectivity index (χ0) is 19.2. The third kappa shape index (κ3) is 2.69. The van der Waals surface area contributed by atoms with Crippen molar-refractivity contribution in [1.29, 1.82) is 0 Å². The van der Waals surface area contributed by atoms with Gasteiger partial charge in [0.05, 0.1) is 12.0 Å². The van der Waals surface area contributed by atoms with Crippen LogP contribution in [0.3, 0.4) is 0 Å². The van der Waals surface area contributed by atoms with Gasteiger partial charge in [0.2, 0.25) is 0 Å². The van der Waals surface area contributed by atoms with Gasteiger partial charge < -0.3 is 29.9 Å². The minimum absolute atomic E-state index is 0.566. The number of aliphatic hydroxyl groups excluding tert-OH is 2. The maximum atomic E-state index is 10.9. The summed E-state index contributed by atoms with van der Waals surface area (Å²) in [5.41, 5.74) is 1.90. The highest BCUT2D eigenvalue weighted by Gasteiger charge is 2.41. The Bertz CT molecular complexity index is 985. The van der Waals surface area contributed by atoms with Crippen LogP contribution >= 0.6 is 0 Å². The van der Waals surface area contributed by atoms with E-state index in [9.17, 15) is 15.3 Å². The maximum Gasteiger partial charge on any atom is 0.166 e. The highest BCUT2D eigenvalue weighted by molar-refractivity contribution is 6.02. The van der Waals surface area contributed by atoms with E-state index in [-0.39, 0.29) is 0 Å². The largest absolute Gasteiger partial charge is 0.394 e. The zero-order valence-corrected chi connectivity index (χ0v) is 15.1. The van der Waals surface area contributed by atoms with E-state index in [0.29, 0.717) is 18.0 Å². The second-order valence-corrected chi connectivity index (χ2v) is 6.89. The third-order valence-electron chi connectivity index (χ3n) is 5.19. The smallest absolute Gasteiger partial charge is 0.166 e. The Kier molecular flexibility index (Phi) is 4.35. The SMILES string of the molecule is COC(n1cc2c3c(ncnc31)NCc1ccccc1-2)[C@](C)(O)[C@H](O)CO. The molecule has 0 bridgehead atoms. The summed E-state index contributed by atoms with van der Waals surface area (Å²) in [7, 11) is 1.44. The molecule has 1 aliphatic heterocycles. The molecule has 3 heterocycles. The van der Waals surface area contributed by atoms with Crippen molar-refractivity contribution in [1.82, 2.24) is 14.5 Å². The van der Waals surface area contributed by atoms with Gasteiger partial charge in [-0.3, -0.25) is 0 Å². The van der Waals surface area contributed by atoms with Crippen LogP contribution in [0.15, 0.2) is 36.8 Å². The molecule has 0 saturated carbocycles. The normalized spacial score (nSPS) is 17.5. The lowest BCUT2D eigenvalue weighted by atomic mass is 9.97. The summed E-state index contributed by atoms with van der Waals surface area (Å²) in [4.78, 5) is 8.77. The number of fused-ring (bicyclic) bond motifs is 2. The fourth-order valence-electron chi connectivity index (χ4n) is 3.70. The van der Waals surface area contributed by atoms with E-state index >= 15 is 0 Å². The number of benzene rings is 1. The molecule has 8 nitrogen and oxygen atoms in total. The Morgan fingerprint density at radius 1 is 1.30 bits per heavy atom. The molecule has 1 aliphatic rings. The van der Waals surface area contributed by atoms with E-state index in [2.05, 4.69) is 15.3 Å². The van der Waals surface area contributed by atoms with Gasteiger partial charge in [0, 0.05) is 25.4 Å². The molecule has 8 heteroatoms. The molecular weight excluding hydrogens is 348 g/mol. The number of nitrogens with zero attached hydrogens (tertiary/aromatic N) is 3. The summed E-state index contributed by atoms with van der Waals surface area (Å²) in [5.74, 6) is 0.696. The molecule has 2 aromatic heterocycles. The zero-order valence-electron chi connectivity index (χ0n) is 15.1. The molecular formula is C19H22N4O4. The lowest BCUT2D eigenvalue weighted by Crippen LogP contribution is -2.49. The minimum atomic E-state index is -1.74. The van der Waals surface area contributed by atoms with Gasteiger partial charge in [0.1, 0.15) is 29.5 Å². The average Bonchev–Trinajstić information content (AvgIpc) is 2.97. The van der Waals surface area contributed by atoms with E-state index in [1.165, 1.54) is 20.4 Å². The van der Waals surface area contributed by atoms with Crippen molar-refractivity contribution in [2.24, 2.45) is 0 Å². The van der Waals surface area contributed by atoms with Crippen molar-refractivity contribution < 1.29 is 20.1 Å². The molecule has 27 heavy (non-hydrogen) atoms. The molecule has 3 atom stereocenters. The molecule has 0 amide bonds. The van der Waals surface area contributed by atoms with Crippen LogP contribution in [0.25, 0.3) is 22.2 Å². The topological polar surface area (TPSA) is 113 Å². The van der Waals surface area contributed by atoms with Crippen molar-refractivity contribution in [3.8, 4) is 11.1 Å². The number of aromatic nitrogens is 3. The summed E-state index contributed by atoms with van der Waals surface area (Å²) in [5, 5.41) is 34.5. The maximum absolute atomic E-state index is 10.9. The predicted molar refractivity (Wildman–Crippen MR) is 100 cm³/mol. The highest BCUT2D eigenvalue weighted by atomic mass is 16.5. The van der Waals surface area contributed by atoms with Crippen molar-refractivity contribution >= 4 is 16.9 Å². The standard InChI is InChI=1S/C19H22N4O4/c1-19(26,14(25)9-24)18(27-2)23-8-13-12-6-4-3-5-11(12)7-20-16-15(13)17(23)22-10-21-16/h3-6,8,10,14,18,24-26H,7,9H2,1-2H3,(H,20,21,22)/t14-,18?,19-/m1/s1. The fourth-order valence-corrected chi connectivity index (χ4v) is 3.70. The number of aliphatic hydroxyl groups is 3. The number of hydrogen-bond donors (Lipinski definition) is 4. The first-order chi connectivity index (χ1) is 13.0. The van der Waals surface area contributed by atoms with Gasteiger partial charge in [-0.25, -0.2) is 9.97 Å². The van der Waals surface area contributed by atoms with Crippen molar-refractivity contribution in [2.75, 3.05) is 19.0 Å². The fraction of sp³-hybridized carbons (Fsp3) is 0.368. The second kappa shape index (κ2) is 6.58. The van der Waals surface area contributed by atoms with Gasteiger partial charge in [0.15, 0.2) is 6.23 Å². The van der Waals surface area contributed by atoms with E-state index in [4.69, 9.17) is 4.74 Å². The van der Waals surface area contributed by atoms with E-state index < -0.39 is 24.5 Å². The molecule has 4 rings (SSSR count). The number of nitrogens with one attached hydrogen (secondary N) is 1. The van der Waals surface area contributed by atoms with Crippen LogP contribution in [0.1, 0.15) is 18.7 Å². The average molecular weight is 370 g/mol. The Hall–Kier alpha value is -2.52. The monoisotopic (exact) mass is 370 g/mol. The molecule has 0 aliphatic carbocycles. The van der Waals surface area contributed by atoms with Gasteiger partial charge >= 0.3 is 0 Å². The third-order valence-corrected chi connectivity index (χ3v) is 5.19. The Labute approximate surface area is 156 Å². The van der Waals surface area contributed by atoms with Gasteiger partial charge in [-0.2, -0.15) is 0 Å². The van der Waals surface area contributed by atoms with Crippen LogP contribution in [0.2, 0.25) is 0 Å². The molecule has 0 saturated heterocycles. The van der Waals surface area contributed by atoms with E-state index in [1.54, 1.807) is 4.57 Å². The van der Waals surface area contributed by atoms with Gasteiger partial charge in [-0.05, 0) is 18.1 Å². The first kappa shape index (κ1) is 17.9. The highest BCUT2D eigenvalue weighted by Crippen LogP contribution is 2.41. The van der Waals surface area contributed by atoms with Crippen molar-refractivity contribution in [2.45, 2.75) is 31.4 Å². The molecule has 4 N–H and O–H groups in total. The van der Waals surface area contributed by atoms with Crippen LogP contribution < -0.4 is 5.32 Å². The van der Waals surface area contributed by atoms with E-state index in [1.807, 2.05) is 30.5 Å². The van der Waals surface area contributed by atoms with Crippen LogP contribution in [-0.4, -0.2) is 55.3 Å². The summed E-state index contributed by atoms with van der Waals surface area (Å²) in [6.07, 6.45) is 0.944. The van der Waals surface area contributed by atoms with Gasteiger partial charge in [-0.1, -0.05) is 24.3 Å². The number of hydrogen-bond acceptors (Lipinski definition) is 7. The Morgan fingerprint density at radius 3 is 2.81 bits per heavy atom. The molecule has 3 aromatic rings. The lowest BCUT2D eigenvalue weighted by molar-refractivity contribution is -0.182.